The number of benzene rings is 1. The van der Waals surface area contributed by atoms with E-state index < -0.39 is 0 Å². The van der Waals surface area contributed by atoms with Crippen LogP contribution in [0.5, 0.6) is 0 Å². The Bertz CT molecular complexity index is 912. The van der Waals surface area contributed by atoms with Crippen molar-refractivity contribution in [2.45, 2.75) is 38.6 Å². The maximum Gasteiger partial charge on any atom is 0.226 e. The van der Waals surface area contributed by atoms with E-state index in [-0.39, 0.29) is 11.9 Å². The highest BCUT2D eigenvalue weighted by molar-refractivity contribution is 7.13. The fourth-order valence-electron chi connectivity index (χ4n) is 3.77. The van der Waals surface area contributed by atoms with Gasteiger partial charge in [0.25, 0.3) is 0 Å². The predicted molar refractivity (Wildman–Crippen MR) is 116 cm³/mol. The van der Waals surface area contributed by atoms with Crippen LogP contribution in [0.15, 0.2) is 52.5 Å². The number of nitrogens with one attached hydrogen (secondary N) is 1. The molecule has 6 heteroatoms. The number of likely N-dealkylation sites (tertiary alicyclic amines) is 1. The molecule has 0 radical (unpaired) electrons. The standard InChI is InChI=1S/C23H27N3O2S/c1-17-7-9-18(10-8-17)23-25-19(16-29-23)14-22(27)24-15-20(21-6-5-13-28-21)26-11-3-2-4-12-26/h5-10,13,16,20H,2-4,11-12,14-15H2,1H3,(H,24,27)/t20-/m0/s1. The first-order valence-electron chi connectivity index (χ1n) is 10.2. The zero-order valence-corrected chi connectivity index (χ0v) is 17.6. The number of nitrogens with zero attached hydrogens (tertiary/aromatic N) is 2. The number of carbonyl (C=O) groups excluding carboxylic acids is 1. The van der Waals surface area contributed by atoms with Crippen LogP contribution in [0.3, 0.4) is 0 Å². The molecule has 1 fully saturated rings. The maximum atomic E-state index is 12.6. The van der Waals surface area contributed by atoms with Crippen molar-refractivity contribution in [3.05, 3.63) is 65.1 Å². The minimum absolute atomic E-state index is 0.000628. The molecule has 1 aromatic carbocycles. The summed E-state index contributed by atoms with van der Waals surface area (Å²) in [4.78, 5) is 19.6. The highest BCUT2D eigenvalue weighted by atomic mass is 32.1. The Balaban J connectivity index is 1.35. The van der Waals surface area contributed by atoms with E-state index in [2.05, 4.69) is 46.4 Å². The number of hydrogen-bond acceptors (Lipinski definition) is 5. The lowest BCUT2D eigenvalue weighted by Crippen LogP contribution is -2.40. The van der Waals surface area contributed by atoms with Crippen molar-refractivity contribution < 1.29 is 9.21 Å². The van der Waals surface area contributed by atoms with Gasteiger partial charge in [-0.2, -0.15) is 0 Å². The van der Waals surface area contributed by atoms with Crippen LogP contribution >= 0.6 is 11.3 Å². The molecule has 1 N–H and O–H groups in total. The summed E-state index contributed by atoms with van der Waals surface area (Å²) in [6.45, 7) is 4.73. The quantitative estimate of drug-likeness (QED) is 0.620. The molecule has 3 aromatic rings. The van der Waals surface area contributed by atoms with Crippen LogP contribution in [0.1, 0.15) is 42.3 Å². The van der Waals surface area contributed by atoms with Crippen LogP contribution in [0.25, 0.3) is 10.6 Å². The Morgan fingerprint density at radius 1 is 1.21 bits per heavy atom. The Morgan fingerprint density at radius 3 is 2.72 bits per heavy atom. The first-order valence-corrected chi connectivity index (χ1v) is 11.1. The molecule has 29 heavy (non-hydrogen) atoms. The van der Waals surface area contributed by atoms with Gasteiger partial charge in [-0.15, -0.1) is 11.3 Å². The Kier molecular flexibility index (Phi) is 6.42. The van der Waals surface area contributed by atoms with Gasteiger partial charge in [0.2, 0.25) is 5.91 Å². The second-order valence-corrected chi connectivity index (χ2v) is 8.48. The molecular weight excluding hydrogens is 382 g/mol. The molecule has 1 aliphatic heterocycles. The van der Waals surface area contributed by atoms with E-state index in [9.17, 15) is 4.79 Å². The van der Waals surface area contributed by atoms with Gasteiger partial charge < -0.3 is 9.73 Å². The lowest BCUT2D eigenvalue weighted by atomic mass is 10.1. The van der Waals surface area contributed by atoms with E-state index >= 15 is 0 Å². The van der Waals surface area contributed by atoms with E-state index in [1.165, 1.54) is 24.8 Å². The van der Waals surface area contributed by atoms with Gasteiger partial charge >= 0.3 is 0 Å². The fraction of sp³-hybridized carbons (Fsp3) is 0.391. The summed E-state index contributed by atoms with van der Waals surface area (Å²) < 4.78 is 5.66. The minimum Gasteiger partial charge on any atom is -0.468 e. The van der Waals surface area contributed by atoms with E-state index in [4.69, 9.17) is 4.42 Å². The average Bonchev–Trinajstić information content (AvgIpc) is 3.42. The molecule has 0 spiro atoms. The van der Waals surface area contributed by atoms with Gasteiger partial charge in [-0.05, 0) is 45.0 Å². The number of rotatable bonds is 7. The molecule has 1 amide bonds. The van der Waals surface area contributed by atoms with E-state index in [1.807, 2.05) is 17.5 Å². The number of carbonyl (C=O) groups is 1. The summed E-state index contributed by atoms with van der Waals surface area (Å²) in [5, 5.41) is 6.03. The molecule has 1 aliphatic rings. The zero-order valence-electron chi connectivity index (χ0n) is 16.8. The first kappa shape index (κ1) is 19.9. The molecule has 2 aromatic heterocycles. The molecule has 0 bridgehead atoms. The molecule has 4 rings (SSSR count). The number of aryl methyl sites for hydroxylation is 1. The smallest absolute Gasteiger partial charge is 0.226 e. The number of aromatic nitrogens is 1. The van der Waals surface area contributed by atoms with E-state index in [1.54, 1.807) is 17.6 Å². The average molecular weight is 410 g/mol. The van der Waals surface area contributed by atoms with Crippen LogP contribution in [0.4, 0.5) is 0 Å². The number of hydrogen-bond donors (Lipinski definition) is 1. The summed E-state index contributed by atoms with van der Waals surface area (Å²) in [6.07, 6.45) is 5.68. The third kappa shape index (κ3) is 5.14. The summed E-state index contributed by atoms with van der Waals surface area (Å²) in [5.74, 6) is 0.918. The van der Waals surface area contributed by atoms with Gasteiger partial charge in [-0.1, -0.05) is 36.2 Å². The van der Waals surface area contributed by atoms with Crippen LogP contribution in [0, 0.1) is 6.92 Å². The number of amides is 1. The van der Waals surface area contributed by atoms with Gasteiger partial charge in [0.05, 0.1) is 24.4 Å². The molecular formula is C23H27N3O2S. The number of piperidine rings is 1. The third-order valence-electron chi connectivity index (χ3n) is 5.39. The highest BCUT2D eigenvalue weighted by Gasteiger charge is 2.25. The monoisotopic (exact) mass is 409 g/mol. The van der Waals surface area contributed by atoms with Gasteiger partial charge in [0.1, 0.15) is 10.8 Å². The van der Waals surface area contributed by atoms with E-state index in [0.29, 0.717) is 13.0 Å². The molecule has 5 nitrogen and oxygen atoms in total. The summed E-state index contributed by atoms with van der Waals surface area (Å²) in [6, 6.07) is 12.3. The van der Waals surface area contributed by atoms with Crippen molar-refractivity contribution >= 4 is 17.2 Å². The van der Waals surface area contributed by atoms with Gasteiger partial charge in [0.15, 0.2) is 0 Å². The van der Waals surface area contributed by atoms with Gasteiger partial charge in [0, 0.05) is 17.5 Å². The van der Waals surface area contributed by atoms with Gasteiger partial charge in [-0.3, -0.25) is 9.69 Å². The van der Waals surface area contributed by atoms with Gasteiger partial charge in [-0.25, -0.2) is 4.98 Å². The van der Waals surface area contributed by atoms with Crippen molar-refractivity contribution in [3.63, 3.8) is 0 Å². The van der Waals surface area contributed by atoms with Crippen molar-refractivity contribution in [2.75, 3.05) is 19.6 Å². The maximum absolute atomic E-state index is 12.6. The van der Waals surface area contributed by atoms with Crippen LogP contribution in [0.2, 0.25) is 0 Å². The zero-order chi connectivity index (χ0) is 20.1. The van der Waals surface area contributed by atoms with Crippen molar-refractivity contribution in [1.29, 1.82) is 0 Å². The Hall–Kier alpha value is -2.44. The van der Waals surface area contributed by atoms with Crippen molar-refractivity contribution in [2.24, 2.45) is 0 Å². The normalized spacial score (nSPS) is 15.9. The van der Waals surface area contributed by atoms with Crippen molar-refractivity contribution in [3.8, 4) is 10.6 Å². The second-order valence-electron chi connectivity index (χ2n) is 7.62. The molecule has 1 atom stereocenters. The second kappa shape index (κ2) is 9.37. The number of furan rings is 1. The molecule has 0 saturated carbocycles. The summed E-state index contributed by atoms with van der Waals surface area (Å²) in [5.41, 5.74) is 3.13. The Morgan fingerprint density at radius 2 is 2.00 bits per heavy atom. The first-order chi connectivity index (χ1) is 14.2. The number of thiazole rings is 1. The molecule has 1 saturated heterocycles. The molecule has 0 unspecified atom stereocenters. The lowest BCUT2D eigenvalue weighted by Gasteiger charge is -2.33. The predicted octanol–water partition coefficient (Wildman–Crippen LogP) is 4.60. The molecule has 152 valence electrons. The SMILES string of the molecule is Cc1ccc(-c2nc(CC(=O)NC[C@@H](c3ccco3)N3CCCCC3)cs2)cc1. The lowest BCUT2D eigenvalue weighted by molar-refractivity contribution is -0.120. The third-order valence-corrected chi connectivity index (χ3v) is 6.33. The fourth-order valence-corrected chi connectivity index (χ4v) is 4.60. The largest absolute Gasteiger partial charge is 0.468 e. The van der Waals surface area contributed by atoms with Crippen LogP contribution in [-0.4, -0.2) is 35.4 Å². The minimum atomic E-state index is -0.000628. The van der Waals surface area contributed by atoms with Crippen molar-refractivity contribution in [1.82, 2.24) is 15.2 Å². The molecule has 3 heterocycles. The summed E-state index contributed by atoms with van der Waals surface area (Å²) >= 11 is 1.58. The summed E-state index contributed by atoms with van der Waals surface area (Å²) in [7, 11) is 0. The Labute approximate surface area is 175 Å². The van der Waals surface area contributed by atoms with E-state index in [0.717, 1.165) is 35.1 Å². The highest BCUT2D eigenvalue weighted by Crippen LogP contribution is 2.26. The van der Waals surface area contributed by atoms with Crippen LogP contribution in [-0.2, 0) is 11.2 Å². The molecule has 0 aliphatic carbocycles. The van der Waals surface area contributed by atoms with Crippen LogP contribution < -0.4 is 5.32 Å². The topological polar surface area (TPSA) is 58.4 Å².